The zero-order valence-corrected chi connectivity index (χ0v) is 14.2. The fourth-order valence-corrected chi connectivity index (χ4v) is 3.08. The highest BCUT2D eigenvalue weighted by Gasteiger charge is 2.12. The molecule has 124 valence electrons. The number of rotatable bonds is 8. The largest absolute Gasteiger partial charge is 0.467 e. The minimum atomic E-state index is 0.0654. The van der Waals surface area contributed by atoms with Crippen molar-refractivity contribution in [2.45, 2.75) is 31.5 Å². The maximum Gasteiger partial charge on any atom is 0.210 e. The van der Waals surface area contributed by atoms with Gasteiger partial charge in [-0.2, -0.15) is 0 Å². The van der Waals surface area contributed by atoms with Crippen LogP contribution in [-0.4, -0.2) is 31.7 Å². The molecular weight excluding hydrogens is 324 g/mol. The number of thioether (sulfide) groups is 1. The monoisotopic (exact) mass is 342 g/mol. The topological polar surface area (TPSA) is 73.8 Å². The zero-order valence-electron chi connectivity index (χ0n) is 13.4. The van der Waals surface area contributed by atoms with Gasteiger partial charge in [0.15, 0.2) is 5.78 Å². The first-order chi connectivity index (χ1) is 11.8. The minimum absolute atomic E-state index is 0.0654. The summed E-state index contributed by atoms with van der Waals surface area (Å²) in [6.45, 7) is 2.59. The Bertz CT molecular complexity index is 781. The molecule has 3 aromatic rings. The standard InChI is InChI=1S/C17H18N4O2S/c1-2-4-13-6-8-14(9-7-13)16(22)12-24-17-18-19-20-21(17)11-15-5-3-10-23-15/h3,5-10H,2,4,11-12H2,1H3. The number of aryl methyl sites for hydroxylation is 1. The van der Waals surface area contributed by atoms with E-state index in [1.807, 2.05) is 36.4 Å². The summed E-state index contributed by atoms with van der Waals surface area (Å²) in [7, 11) is 0. The van der Waals surface area contributed by atoms with Crippen molar-refractivity contribution in [1.82, 2.24) is 20.2 Å². The van der Waals surface area contributed by atoms with Gasteiger partial charge in [0.1, 0.15) is 12.3 Å². The summed E-state index contributed by atoms with van der Waals surface area (Å²) < 4.78 is 6.92. The fourth-order valence-electron chi connectivity index (χ4n) is 2.31. The third kappa shape index (κ3) is 4.11. The van der Waals surface area contributed by atoms with E-state index in [0.29, 0.717) is 23.0 Å². The van der Waals surface area contributed by atoms with Crippen LogP contribution in [0.3, 0.4) is 0 Å². The normalized spacial score (nSPS) is 10.9. The predicted octanol–water partition coefficient (Wildman–Crippen LogP) is 3.24. The lowest BCUT2D eigenvalue weighted by atomic mass is 10.1. The first-order valence-corrected chi connectivity index (χ1v) is 8.78. The van der Waals surface area contributed by atoms with E-state index in [0.717, 1.165) is 18.6 Å². The minimum Gasteiger partial charge on any atom is -0.467 e. The van der Waals surface area contributed by atoms with Crippen LogP contribution >= 0.6 is 11.8 Å². The van der Waals surface area contributed by atoms with Gasteiger partial charge in [0.25, 0.3) is 0 Å². The second-order valence-electron chi connectivity index (χ2n) is 5.36. The van der Waals surface area contributed by atoms with Gasteiger partial charge in [0, 0.05) is 5.56 Å². The fraction of sp³-hybridized carbons (Fsp3) is 0.294. The van der Waals surface area contributed by atoms with E-state index in [-0.39, 0.29) is 5.78 Å². The Morgan fingerprint density at radius 3 is 2.79 bits per heavy atom. The molecule has 0 spiro atoms. The van der Waals surface area contributed by atoms with Crippen LogP contribution in [0.2, 0.25) is 0 Å². The Labute approximate surface area is 144 Å². The quantitative estimate of drug-likeness (QED) is 0.462. The van der Waals surface area contributed by atoms with E-state index in [4.69, 9.17) is 4.42 Å². The molecule has 0 bridgehead atoms. The van der Waals surface area contributed by atoms with Gasteiger partial charge in [-0.3, -0.25) is 4.79 Å². The number of nitrogens with zero attached hydrogens (tertiary/aromatic N) is 4. The summed E-state index contributed by atoms with van der Waals surface area (Å²) in [5.74, 6) is 1.13. The first kappa shape index (κ1) is 16.4. The SMILES string of the molecule is CCCc1ccc(C(=O)CSc2nnnn2Cc2ccco2)cc1. The molecule has 0 saturated heterocycles. The zero-order chi connectivity index (χ0) is 16.8. The maximum atomic E-state index is 12.3. The average molecular weight is 342 g/mol. The lowest BCUT2D eigenvalue weighted by molar-refractivity contribution is 0.102. The van der Waals surface area contributed by atoms with Crippen LogP contribution in [0.5, 0.6) is 0 Å². The van der Waals surface area contributed by atoms with Gasteiger partial charge in [-0.05, 0) is 34.5 Å². The number of Topliss-reactive ketones (excluding diaryl/α,β-unsaturated/α-hetero) is 1. The Morgan fingerprint density at radius 2 is 2.08 bits per heavy atom. The number of benzene rings is 1. The summed E-state index contributed by atoms with van der Waals surface area (Å²) in [6.07, 6.45) is 3.74. The second kappa shape index (κ2) is 7.92. The van der Waals surface area contributed by atoms with E-state index in [9.17, 15) is 4.79 Å². The molecule has 2 heterocycles. The Hall–Kier alpha value is -2.41. The highest BCUT2D eigenvalue weighted by atomic mass is 32.2. The number of hydrogen-bond donors (Lipinski definition) is 0. The highest BCUT2D eigenvalue weighted by molar-refractivity contribution is 7.99. The van der Waals surface area contributed by atoms with Crippen molar-refractivity contribution in [1.29, 1.82) is 0 Å². The van der Waals surface area contributed by atoms with Gasteiger partial charge in [-0.15, -0.1) is 5.10 Å². The van der Waals surface area contributed by atoms with Crippen LogP contribution in [0.1, 0.15) is 35.0 Å². The third-order valence-electron chi connectivity index (χ3n) is 3.53. The Kier molecular flexibility index (Phi) is 5.43. The molecule has 1 aromatic carbocycles. The van der Waals surface area contributed by atoms with Crippen LogP contribution in [-0.2, 0) is 13.0 Å². The first-order valence-electron chi connectivity index (χ1n) is 7.79. The summed E-state index contributed by atoms with van der Waals surface area (Å²) >= 11 is 1.33. The van der Waals surface area contributed by atoms with Crippen molar-refractivity contribution in [2.24, 2.45) is 0 Å². The van der Waals surface area contributed by atoms with Crippen LogP contribution < -0.4 is 0 Å². The predicted molar refractivity (Wildman–Crippen MR) is 91.1 cm³/mol. The van der Waals surface area contributed by atoms with Crippen molar-refractivity contribution in [3.05, 3.63) is 59.5 Å². The van der Waals surface area contributed by atoms with E-state index >= 15 is 0 Å². The van der Waals surface area contributed by atoms with Crippen molar-refractivity contribution in [3.8, 4) is 0 Å². The van der Waals surface area contributed by atoms with Gasteiger partial charge < -0.3 is 4.42 Å². The summed E-state index contributed by atoms with van der Waals surface area (Å²) in [5, 5.41) is 12.2. The number of carbonyl (C=O) groups excluding carboxylic acids is 1. The summed E-state index contributed by atoms with van der Waals surface area (Å²) in [6, 6.07) is 11.5. The number of furan rings is 1. The molecule has 7 heteroatoms. The van der Waals surface area contributed by atoms with Gasteiger partial charge >= 0.3 is 0 Å². The molecule has 0 fully saturated rings. The molecule has 0 unspecified atom stereocenters. The van der Waals surface area contributed by atoms with Crippen LogP contribution in [0.15, 0.2) is 52.2 Å². The molecule has 6 nitrogen and oxygen atoms in total. The lowest BCUT2D eigenvalue weighted by Gasteiger charge is -2.04. The molecule has 0 aliphatic rings. The number of aromatic nitrogens is 4. The smallest absolute Gasteiger partial charge is 0.210 e. The second-order valence-corrected chi connectivity index (χ2v) is 6.30. The van der Waals surface area contributed by atoms with Crippen molar-refractivity contribution in [2.75, 3.05) is 5.75 Å². The van der Waals surface area contributed by atoms with Gasteiger partial charge in [-0.1, -0.05) is 49.4 Å². The molecule has 0 saturated carbocycles. The average Bonchev–Trinajstić information content (AvgIpc) is 3.26. The van der Waals surface area contributed by atoms with Crippen molar-refractivity contribution >= 4 is 17.5 Å². The van der Waals surface area contributed by atoms with Gasteiger partial charge in [-0.25, -0.2) is 4.68 Å². The molecule has 0 N–H and O–H groups in total. The van der Waals surface area contributed by atoms with Crippen LogP contribution in [0.25, 0.3) is 0 Å². The Morgan fingerprint density at radius 1 is 1.25 bits per heavy atom. The number of tetrazole rings is 1. The van der Waals surface area contributed by atoms with Crippen molar-refractivity contribution < 1.29 is 9.21 Å². The van der Waals surface area contributed by atoms with Gasteiger partial charge in [0.2, 0.25) is 5.16 Å². The molecule has 0 aliphatic heterocycles. The van der Waals surface area contributed by atoms with Crippen LogP contribution in [0.4, 0.5) is 0 Å². The molecular formula is C17H18N4O2S. The molecule has 0 amide bonds. The number of hydrogen-bond acceptors (Lipinski definition) is 6. The molecule has 0 aliphatic carbocycles. The summed E-state index contributed by atoms with van der Waals surface area (Å²) in [4.78, 5) is 12.3. The van der Waals surface area contributed by atoms with Crippen LogP contribution in [0, 0.1) is 0 Å². The molecule has 2 aromatic heterocycles. The van der Waals surface area contributed by atoms with E-state index in [1.54, 1.807) is 10.9 Å². The van der Waals surface area contributed by atoms with E-state index in [1.165, 1.54) is 17.3 Å². The molecule has 24 heavy (non-hydrogen) atoms. The van der Waals surface area contributed by atoms with E-state index < -0.39 is 0 Å². The molecule has 0 radical (unpaired) electrons. The third-order valence-corrected chi connectivity index (χ3v) is 4.49. The van der Waals surface area contributed by atoms with E-state index in [2.05, 4.69) is 22.4 Å². The number of ketones is 1. The van der Waals surface area contributed by atoms with Gasteiger partial charge in [0.05, 0.1) is 12.0 Å². The molecule has 0 atom stereocenters. The highest BCUT2D eigenvalue weighted by Crippen LogP contribution is 2.17. The summed E-state index contributed by atoms with van der Waals surface area (Å²) in [5.41, 5.74) is 1.97. The Balaban J connectivity index is 1.59. The lowest BCUT2D eigenvalue weighted by Crippen LogP contribution is -2.06. The molecule has 3 rings (SSSR count). The van der Waals surface area contributed by atoms with Crippen molar-refractivity contribution in [3.63, 3.8) is 0 Å². The maximum absolute atomic E-state index is 12.3. The number of carbonyl (C=O) groups is 1.